The predicted molar refractivity (Wildman–Crippen MR) is 72.5 cm³/mol. The number of likely N-dealkylation sites (N-methyl/N-ethyl adjacent to an activating group) is 1. The van der Waals surface area contributed by atoms with E-state index in [1.54, 1.807) is 32.0 Å². The fourth-order valence-electron chi connectivity index (χ4n) is 1.74. The van der Waals surface area contributed by atoms with Gasteiger partial charge in [0.15, 0.2) is 0 Å². The van der Waals surface area contributed by atoms with Crippen LogP contribution in [0.5, 0.6) is 0 Å². The number of amides is 2. The molecule has 110 valence electrons. The number of halogens is 1. The monoisotopic (exact) mass is 282 g/mol. The van der Waals surface area contributed by atoms with Crippen molar-refractivity contribution in [2.75, 3.05) is 20.2 Å². The molecule has 0 saturated heterocycles. The van der Waals surface area contributed by atoms with Crippen LogP contribution in [0.15, 0.2) is 24.3 Å². The SMILES string of the molecule is CCNC(=O)C(=O)NCC(C)(OC)c1ccccc1F. The van der Waals surface area contributed by atoms with Crippen molar-refractivity contribution < 1.29 is 18.7 Å². The minimum Gasteiger partial charge on any atom is -0.372 e. The lowest BCUT2D eigenvalue weighted by Gasteiger charge is -2.29. The average Bonchev–Trinajstić information content (AvgIpc) is 2.45. The summed E-state index contributed by atoms with van der Waals surface area (Å²) in [5, 5.41) is 4.83. The van der Waals surface area contributed by atoms with Gasteiger partial charge in [-0.05, 0) is 19.9 Å². The standard InChI is InChI=1S/C14H19FN2O3/c1-4-16-12(18)13(19)17-9-14(2,20-3)10-7-5-6-8-11(10)15/h5-8H,4,9H2,1-3H3,(H,16,18)(H,17,19). The Morgan fingerprint density at radius 1 is 1.25 bits per heavy atom. The van der Waals surface area contributed by atoms with Crippen LogP contribution < -0.4 is 10.6 Å². The lowest BCUT2D eigenvalue weighted by Crippen LogP contribution is -2.46. The van der Waals surface area contributed by atoms with Crippen molar-refractivity contribution in [3.63, 3.8) is 0 Å². The van der Waals surface area contributed by atoms with Crippen LogP contribution in [0.25, 0.3) is 0 Å². The lowest BCUT2D eigenvalue weighted by atomic mass is 9.95. The van der Waals surface area contributed by atoms with Crippen molar-refractivity contribution in [2.45, 2.75) is 19.4 Å². The molecule has 0 fully saturated rings. The van der Waals surface area contributed by atoms with Gasteiger partial charge >= 0.3 is 11.8 Å². The van der Waals surface area contributed by atoms with Crippen LogP contribution >= 0.6 is 0 Å². The van der Waals surface area contributed by atoms with E-state index in [4.69, 9.17) is 4.74 Å². The third-order valence-electron chi connectivity index (χ3n) is 3.02. The van der Waals surface area contributed by atoms with E-state index >= 15 is 0 Å². The molecule has 0 aliphatic rings. The van der Waals surface area contributed by atoms with E-state index in [-0.39, 0.29) is 6.54 Å². The molecule has 1 aromatic rings. The Morgan fingerprint density at radius 3 is 2.40 bits per heavy atom. The number of hydrogen-bond donors (Lipinski definition) is 2. The molecule has 0 aromatic heterocycles. The molecule has 0 aliphatic carbocycles. The molecular weight excluding hydrogens is 263 g/mol. The summed E-state index contributed by atoms with van der Waals surface area (Å²) in [7, 11) is 1.42. The molecule has 0 spiro atoms. The molecule has 1 aromatic carbocycles. The number of methoxy groups -OCH3 is 1. The molecule has 20 heavy (non-hydrogen) atoms. The van der Waals surface area contributed by atoms with Gasteiger partial charge in [-0.3, -0.25) is 9.59 Å². The van der Waals surface area contributed by atoms with E-state index in [9.17, 15) is 14.0 Å². The molecule has 5 nitrogen and oxygen atoms in total. The summed E-state index contributed by atoms with van der Waals surface area (Å²) in [4.78, 5) is 22.9. The zero-order valence-electron chi connectivity index (χ0n) is 11.8. The zero-order valence-corrected chi connectivity index (χ0v) is 11.8. The zero-order chi connectivity index (χ0) is 15.2. The minimum atomic E-state index is -1.05. The lowest BCUT2D eigenvalue weighted by molar-refractivity contribution is -0.140. The molecule has 0 bridgehead atoms. The Hall–Kier alpha value is -1.95. The molecule has 6 heteroatoms. The maximum atomic E-state index is 13.8. The first-order valence-corrected chi connectivity index (χ1v) is 6.30. The highest BCUT2D eigenvalue weighted by Gasteiger charge is 2.30. The molecule has 0 saturated carbocycles. The van der Waals surface area contributed by atoms with Gasteiger partial charge in [0.05, 0.1) is 6.54 Å². The molecule has 2 amide bonds. The van der Waals surface area contributed by atoms with Crippen LogP contribution in [-0.4, -0.2) is 32.0 Å². The van der Waals surface area contributed by atoms with E-state index in [0.717, 1.165) is 0 Å². The summed E-state index contributed by atoms with van der Waals surface area (Å²) in [6.07, 6.45) is 0. The molecule has 0 radical (unpaired) electrons. The van der Waals surface area contributed by atoms with Crippen molar-refractivity contribution in [3.05, 3.63) is 35.6 Å². The molecule has 2 N–H and O–H groups in total. The first-order chi connectivity index (χ1) is 9.44. The Kier molecular flexibility index (Phi) is 5.64. The molecule has 0 heterocycles. The third kappa shape index (κ3) is 3.77. The van der Waals surface area contributed by atoms with Gasteiger partial charge in [-0.25, -0.2) is 4.39 Å². The molecule has 1 rings (SSSR count). The van der Waals surface area contributed by atoms with E-state index in [1.807, 2.05) is 0 Å². The summed E-state index contributed by atoms with van der Waals surface area (Å²) in [5.74, 6) is -1.92. The van der Waals surface area contributed by atoms with Crippen LogP contribution in [0.3, 0.4) is 0 Å². The van der Waals surface area contributed by atoms with Crippen LogP contribution in [0, 0.1) is 5.82 Å². The third-order valence-corrected chi connectivity index (χ3v) is 3.02. The van der Waals surface area contributed by atoms with Crippen molar-refractivity contribution >= 4 is 11.8 Å². The first kappa shape index (κ1) is 16.1. The van der Waals surface area contributed by atoms with Gasteiger partial charge in [0.2, 0.25) is 0 Å². The Labute approximate surface area is 117 Å². The fourth-order valence-corrected chi connectivity index (χ4v) is 1.74. The van der Waals surface area contributed by atoms with Crippen LogP contribution in [-0.2, 0) is 19.9 Å². The number of rotatable bonds is 5. The van der Waals surface area contributed by atoms with Gasteiger partial charge in [-0.1, -0.05) is 18.2 Å². The second-order valence-electron chi connectivity index (χ2n) is 4.46. The van der Waals surface area contributed by atoms with E-state index in [2.05, 4.69) is 10.6 Å². The van der Waals surface area contributed by atoms with Crippen molar-refractivity contribution in [2.24, 2.45) is 0 Å². The first-order valence-electron chi connectivity index (χ1n) is 6.30. The Bertz CT molecular complexity index is 493. The minimum absolute atomic E-state index is 0.0135. The topological polar surface area (TPSA) is 67.4 Å². The quantitative estimate of drug-likeness (QED) is 0.790. The summed E-state index contributed by atoms with van der Waals surface area (Å²) in [6.45, 7) is 3.70. The van der Waals surface area contributed by atoms with Crippen LogP contribution in [0.2, 0.25) is 0 Å². The largest absolute Gasteiger partial charge is 0.372 e. The van der Waals surface area contributed by atoms with Gasteiger partial charge in [0.1, 0.15) is 11.4 Å². The molecule has 1 atom stereocenters. The summed E-state index contributed by atoms with van der Waals surface area (Å²) in [6, 6.07) is 6.15. The highest BCUT2D eigenvalue weighted by Crippen LogP contribution is 2.26. The number of carbonyl (C=O) groups is 2. The van der Waals surface area contributed by atoms with Crippen molar-refractivity contribution in [1.82, 2.24) is 10.6 Å². The maximum absolute atomic E-state index is 13.8. The van der Waals surface area contributed by atoms with Crippen LogP contribution in [0.1, 0.15) is 19.4 Å². The molecule has 1 unspecified atom stereocenters. The number of ether oxygens (including phenoxy) is 1. The van der Waals surface area contributed by atoms with Crippen molar-refractivity contribution in [1.29, 1.82) is 0 Å². The highest BCUT2D eigenvalue weighted by atomic mass is 19.1. The fraction of sp³-hybridized carbons (Fsp3) is 0.429. The molecule has 0 aliphatic heterocycles. The van der Waals surface area contributed by atoms with Gasteiger partial charge < -0.3 is 15.4 Å². The van der Waals surface area contributed by atoms with Gasteiger partial charge in [0, 0.05) is 19.2 Å². The Morgan fingerprint density at radius 2 is 1.85 bits per heavy atom. The van der Waals surface area contributed by atoms with Gasteiger partial charge in [-0.2, -0.15) is 0 Å². The second kappa shape index (κ2) is 7.00. The molecular formula is C14H19FN2O3. The van der Waals surface area contributed by atoms with E-state index in [0.29, 0.717) is 12.1 Å². The normalized spacial score (nSPS) is 13.4. The highest BCUT2D eigenvalue weighted by molar-refractivity contribution is 6.35. The summed E-state index contributed by atoms with van der Waals surface area (Å²) >= 11 is 0. The summed E-state index contributed by atoms with van der Waals surface area (Å²) in [5.41, 5.74) is -0.730. The smallest absolute Gasteiger partial charge is 0.309 e. The van der Waals surface area contributed by atoms with E-state index in [1.165, 1.54) is 13.2 Å². The number of benzene rings is 1. The average molecular weight is 282 g/mol. The predicted octanol–water partition coefficient (Wildman–Crippen LogP) is 0.940. The maximum Gasteiger partial charge on any atom is 0.309 e. The van der Waals surface area contributed by atoms with Gasteiger partial charge in [0.25, 0.3) is 0 Å². The second-order valence-corrected chi connectivity index (χ2v) is 4.46. The number of carbonyl (C=O) groups excluding carboxylic acids is 2. The summed E-state index contributed by atoms with van der Waals surface area (Å²) < 4.78 is 19.1. The number of hydrogen-bond acceptors (Lipinski definition) is 3. The van der Waals surface area contributed by atoms with Gasteiger partial charge in [-0.15, -0.1) is 0 Å². The number of nitrogens with one attached hydrogen (secondary N) is 2. The van der Waals surface area contributed by atoms with Crippen molar-refractivity contribution in [3.8, 4) is 0 Å². The van der Waals surface area contributed by atoms with Crippen LogP contribution in [0.4, 0.5) is 4.39 Å². The van der Waals surface area contributed by atoms with E-state index < -0.39 is 23.2 Å². The Balaban J connectivity index is 2.79.